The Kier molecular flexibility index (Phi) is 6.44. The van der Waals surface area contributed by atoms with Crippen LogP contribution in [0.15, 0.2) is 36.4 Å². The van der Waals surface area contributed by atoms with Crippen LogP contribution in [-0.4, -0.2) is 48.7 Å². The van der Waals surface area contributed by atoms with Gasteiger partial charge in [0, 0.05) is 13.1 Å². The highest BCUT2D eigenvalue weighted by Crippen LogP contribution is 2.15. The Morgan fingerprint density at radius 3 is 2.95 bits per heavy atom. The molecule has 0 aromatic heterocycles. The highest BCUT2D eigenvalue weighted by molar-refractivity contribution is 5.68. The first-order valence-electron chi connectivity index (χ1n) is 7.60. The number of nitrogens with zero attached hydrogens (tertiary/aromatic N) is 1. The molecule has 1 unspecified atom stereocenters. The molecule has 4 heteroatoms. The molecule has 1 atom stereocenters. The molecule has 0 spiro atoms. The first kappa shape index (κ1) is 15.7. The van der Waals surface area contributed by atoms with Gasteiger partial charge in [-0.15, -0.1) is 0 Å². The van der Waals surface area contributed by atoms with Crippen molar-refractivity contribution in [3.63, 3.8) is 0 Å². The van der Waals surface area contributed by atoms with Gasteiger partial charge in [-0.3, -0.25) is 9.69 Å². The third-order valence-corrected chi connectivity index (χ3v) is 3.79. The van der Waals surface area contributed by atoms with Crippen LogP contribution in [0.5, 0.6) is 0 Å². The van der Waals surface area contributed by atoms with E-state index in [9.17, 15) is 4.79 Å². The maximum absolute atomic E-state index is 10.5. The standard InChI is InChI=1S/C17H24N2O2/c20-17(21)13-18-12-16-9-5-11-19(14-16)10-4-8-15-6-2-1-3-7-15/h1-4,6-8,16,18H,5,9-14H2,(H,20,21)/b8-4+. The van der Waals surface area contributed by atoms with E-state index >= 15 is 0 Å². The van der Waals surface area contributed by atoms with E-state index in [1.807, 2.05) is 18.2 Å². The molecule has 1 saturated heterocycles. The van der Waals surface area contributed by atoms with Crippen molar-refractivity contribution in [2.24, 2.45) is 5.92 Å². The van der Waals surface area contributed by atoms with E-state index in [0.29, 0.717) is 5.92 Å². The van der Waals surface area contributed by atoms with Gasteiger partial charge in [0.2, 0.25) is 0 Å². The molecule has 0 saturated carbocycles. The summed E-state index contributed by atoms with van der Waals surface area (Å²) in [5.41, 5.74) is 1.23. The number of carboxylic acid groups (broad SMARTS) is 1. The van der Waals surface area contributed by atoms with E-state index < -0.39 is 5.97 Å². The van der Waals surface area contributed by atoms with Crippen LogP contribution in [-0.2, 0) is 4.79 Å². The van der Waals surface area contributed by atoms with Crippen molar-refractivity contribution in [3.8, 4) is 0 Å². The molecule has 4 nitrogen and oxygen atoms in total. The topological polar surface area (TPSA) is 52.6 Å². The van der Waals surface area contributed by atoms with Crippen LogP contribution < -0.4 is 5.32 Å². The van der Waals surface area contributed by atoms with Gasteiger partial charge in [0.15, 0.2) is 0 Å². The lowest BCUT2D eigenvalue weighted by atomic mass is 9.98. The van der Waals surface area contributed by atoms with Gasteiger partial charge in [0.1, 0.15) is 0 Å². The van der Waals surface area contributed by atoms with E-state index in [4.69, 9.17) is 5.11 Å². The summed E-state index contributed by atoms with van der Waals surface area (Å²) in [6, 6.07) is 10.3. The smallest absolute Gasteiger partial charge is 0.317 e. The number of likely N-dealkylation sites (tertiary alicyclic amines) is 1. The van der Waals surface area contributed by atoms with Crippen molar-refractivity contribution in [1.82, 2.24) is 10.2 Å². The van der Waals surface area contributed by atoms with Gasteiger partial charge in [-0.25, -0.2) is 0 Å². The summed E-state index contributed by atoms with van der Waals surface area (Å²) in [5, 5.41) is 11.7. The lowest BCUT2D eigenvalue weighted by Gasteiger charge is -2.32. The van der Waals surface area contributed by atoms with Crippen molar-refractivity contribution in [2.75, 3.05) is 32.7 Å². The van der Waals surface area contributed by atoms with Gasteiger partial charge < -0.3 is 10.4 Å². The van der Waals surface area contributed by atoms with Gasteiger partial charge in [0.25, 0.3) is 0 Å². The van der Waals surface area contributed by atoms with Crippen LogP contribution in [0.25, 0.3) is 6.08 Å². The molecule has 0 amide bonds. The summed E-state index contributed by atoms with van der Waals surface area (Å²) in [7, 11) is 0. The van der Waals surface area contributed by atoms with Crippen molar-refractivity contribution in [3.05, 3.63) is 42.0 Å². The first-order chi connectivity index (χ1) is 10.2. The average Bonchev–Trinajstić information content (AvgIpc) is 2.48. The summed E-state index contributed by atoms with van der Waals surface area (Å²) in [4.78, 5) is 12.9. The Balaban J connectivity index is 1.71. The molecule has 1 heterocycles. The molecule has 1 aliphatic rings. The largest absolute Gasteiger partial charge is 0.480 e. The van der Waals surface area contributed by atoms with Crippen molar-refractivity contribution in [1.29, 1.82) is 0 Å². The van der Waals surface area contributed by atoms with Crippen molar-refractivity contribution < 1.29 is 9.90 Å². The van der Waals surface area contributed by atoms with E-state index in [1.165, 1.54) is 18.4 Å². The molecule has 0 bridgehead atoms. The molecule has 114 valence electrons. The Bertz CT molecular complexity index is 459. The fourth-order valence-corrected chi connectivity index (χ4v) is 2.77. The zero-order valence-electron chi connectivity index (χ0n) is 12.4. The van der Waals surface area contributed by atoms with Gasteiger partial charge in [-0.1, -0.05) is 42.5 Å². The quantitative estimate of drug-likeness (QED) is 0.806. The van der Waals surface area contributed by atoms with Gasteiger partial charge >= 0.3 is 5.97 Å². The van der Waals surface area contributed by atoms with E-state index in [0.717, 1.165) is 26.2 Å². The van der Waals surface area contributed by atoms with Gasteiger partial charge in [-0.2, -0.15) is 0 Å². The van der Waals surface area contributed by atoms with Crippen LogP contribution in [0.2, 0.25) is 0 Å². The predicted octanol–water partition coefficient (Wildman–Crippen LogP) is 2.09. The number of hydrogen-bond acceptors (Lipinski definition) is 3. The molecule has 0 radical (unpaired) electrons. The minimum atomic E-state index is -0.784. The third kappa shape index (κ3) is 6.10. The summed E-state index contributed by atoms with van der Waals surface area (Å²) >= 11 is 0. The second-order valence-corrected chi connectivity index (χ2v) is 5.61. The minimum Gasteiger partial charge on any atom is -0.480 e. The molecule has 1 aromatic carbocycles. The summed E-state index contributed by atoms with van der Waals surface area (Å²) in [6.07, 6.45) is 6.75. The fourth-order valence-electron chi connectivity index (χ4n) is 2.77. The highest BCUT2D eigenvalue weighted by Gasteiger charge is 2.18. The molecule has 2 N–H and O–H groups in total. The Labute approximate surface area is 126 Å². The number of benzene rings is 1. The van der Waals surface area contributed by atoms with E-state index in [2.05, 4.69) is 34.5 Å². The molecular weight excluding hydrogens is 264 g/mol. The van der Waals surface area contributed by atoms with Crippen LogP contribution >= 0.6 is 0 Å². The van der Waals surface area contributed by atoms with Crippen LogP contribution in [0, 0.1) is 5.92 Å². The summed E-state index contributed by atoms with van der Waals surface area (Å²) in [5.74, 6) is -0.225. The van der Waals surface area contributed by atoms with Gasteiger partial charge in [0.05, 0.1) is 6.54 Å². The van der Waals surface area contributed by atoms with Crippen molar-refractivity contribution >= 4 is 12.0 Å². The number of rotatable bonds is 7. The van der Waals surface area contributed by atoms with Crippen LogP contribution in [0.4, 0.5) is 0 Å². The van der Waals surface area contributed by atoms with Crippen molar-refractivity contribution in [2.45, 2.75) is 12.8 Å². The summed E-state index contributed by atoms with van der Waals surface area (Å²) < 4.78 is 0. The molecule has 1 aliphatic heterocycles. The van der Waals surface area contributed by atoms with Gasteiger partial charge in [-0.05, 0) is 37.4 Å². The number of nitrogens with one attached hydrogen (secondary N) is 1. The van der Waals surface area contributed by atoms with Crippen LogP contribution in [0.3, 0.4) is 0 Å². The number of carboxylic acids is 1. The van der Waals surface area contributed by atoms with E-state index in [1.54, 1.807) is 0 Å². The average molecular weight is 288 g/mol. The molecular formula is C17H24N2O2. The Hall–Kier alpha value is -1.65. The molecule has 1 aromatic rings. The molecule has 21 heavy (non-hydrogen) atoms. The SMILES string of the molecule is O=C(O)CNCC1CCCN(C/C=C/c2ccccc2)C1. The number of piperidine rings is 1. The molecule has 2 rings (SSSR count). The minimum absolute atomic E-state index is 0.0599. The fraction of sp³-hybridized carbons (Fsp3) is 0.471. The lowest BCUT2D eigenvalue weighted by Crippen LogP contribution is -2.40. The normalized spacial score (nSPS) is 19.9. The Morgan fingerprint density at radius 1 is 1.38 bits per heavy atom. The molecule has 0 aliphatic carbocycles. The number of carbonyl (C=O) groups is 1. The number of aliphatic carboxylic acids is 1. The number of hydrogen-bond donors (Lipinski definition) is 2. The highest BCUT2D eigenvalue weighted by atomic mass is 16.4. The summed E-state index contributed by atoms with van der Waals surface area (Å²) in [6.45, 7) is 4.00. The van der Waals surface area contributed by atoms with E-state index in [-0.39, 0.29) is 6.54 Å². The Morgan fingerprint density at radius 2 is 2.19 bits per heavy atom. The zero-order valence-corrected chi connectivity index (χ0v) is 12.4. The zero-order chi connectivity index (χ0) is 14.9. The first-order valence-corrected chi connectivity index (χ1v) is 7.60. The monoisotopic (exact) mass is 288 g/mol. The van der Waals surface area contributed by atoms with Crippen LogP contribution in [0.1, 0.15) is 18.4 Å². The second-order valence-electron chi connectivity index (χ2n) is 5.61. The molecule has 1 fully saturated rings. The maximum Gasteiger partial charge on any atom is 0.317 e. The predicted molar refractivity (Wildman–Crippen MR) is 85.1 cm³/mol. The third-order valence-electron chi connectivity index (χ3n) is 3.79. The second kappa shape index (κ2) is 8.60. The maximum atomic E-state index is 10.5. The lowest BCUT2D eigenvalue weighted by molar-refractivity contribution is -0.136.